The molecule has 2 aromatic carbocycles. The SMILES string of the molecule is CN(CC(=O)O)C1CCCN(CCCOc2cccc3ccccc23)CC1.Cl. The van der Waals surface area contributed by atoms with Crippen LogP contribution in [0.2, 0.25) is 0 Å². The second-order valence-corrected chi connectivity index (χ2v) is 7.41. The molecule has 3 rings (SSSR count). The molecule has 1 fully saturated rings. The number of aliphatic carboxylic acids is 1. The van der Waals surface area contributed by atoms with E-state index in [1.807, 2.05) is 36.2 Å². The highest BCUT2D eigenvalue weighted by atomic mass is 35.5. The van der Waals surface area contributed by atoms with E-state index < -0.39 is 5.97 Å². The molecule has 1 heterocycles. The smallest absolute Gasteiger partial charge is 0.317 e. The van der Waals surface area contributed by atoms with Crippen molar-refractivity contribution in [3.63, 3.8) is 0 Å². The van der Waals surface area contributed by atoms with E-state index in [2.05, 4.69) is 23.1 Å². The van der Waals surface area contributed by atoms with Gasteiger partial charge in [0, 0.05) is 18.0 Å². The van der Waals surface area contributed by atoms with Crippen LogP contribution in [-0.2, 0) is 4.79 Å². The van der Waals surface area contributed by atoms with Crippen molar-refractivity contribution in [2.45, 2.75) is 31.7 Å². The van der Waals surface area contributed by atoms with Gasteiger partial charge in [-0.05, 0) is 57.3 Å². The summed E-state index contributed by atoms with van der Waals surface area (Å²) in [6, 6.07) is 14.9. The lowest BCUT2D eigenvalue weighted by Crippen LogP contribution is -2.36. The fourth-order valence-electron chi connectivity index (χ4n) is 3.94. The average molecular weight is 407 g/mol. The first-order valence-corrected chi connectivity index (χ1v) is 9.88. The molecule has 0 aromatic heterocycles. The molecule has 1 atom stereocenters. The number of hydrogen-bond donors (Lipinski definition) is 1. The van der Waals surface area contributed by atoms with Crippen molar-refractivity contribution in [1.29, 1.82) is 0 Å². The fourth-order valence-corrected chi connectivity index (χ4v) is 3.94. The van der Waals surface area contributed by atoms with Crippen molar-refractivity contribution in [3.8, 4) is 5.75 Å². The van der Waals surface area contributed by atoms with E-state index in [9.17, 15) is 4.79 Å². The summed E-state index contributed by atoms with van der Waals surface area (Å²) in [5.41, 5.74) is 0. The highest BCUT2D eigenvalue weighted by Gasteiger charge is 2.21. The highest BCUT2D eigenvalue weighted by Crippen LogP contribution is 2.25. The number of carbonyl (C=O) groups is 1. The van der Waals surface area contributed by atoms with Gasteiger partial charge in [0.1, 0.15) is 5.75 Å². The van der Waals surface area contributed by atoms with Gasteiger partial charge in [0.2, 0.25) is 0 Å². The van der Waals surface area contributed by atoms with Gasteiger partial charge in [0.25, 0.3) is 0 Å². The van der Waals surface area contributed by atoms with E-state index in [-0.39, 0.29) is 19.0 Å². The largest absolute Gasteiger partial charge is 0.493 e. The van der Waals surface area contributed by atoms with Crippen LogP contribution in [-0.4, -0.2) is 66.8 Å². The minimum atomic E-state index is -0.746. The van der Waals surface area contributed by atoms with Crippen molar-refractivity contribution >= 4 is 29.1 Å². The summed E-state index contributed by atoms with van der Waals surface area (Å²) in [4.78, 5) is 15.4. The molecule has 6 heteroatoms. The van der Waals surface area contributed by atoms with Crippen LogP contribution in [0.25, 0.3) is 10.8 Å². The van der Waals surface area contributed by atoms with E-state index in [0.29, 0.717) is 12.6 Å². The number of halogens is 1. The predicted octanol–water partition coefficient (Wildman–Crippen LogP) is 3.90. The van der Waals surface area contributed by atoms with Crippen molar-refractivity contribution in [3.05, 3.63) is 42.5 Å². The van der Waals surface area contributed by atoms with Crippen molar-refractivity contribution < 1.29 is 14.6 Å². The molecule has 1 saturated heterocycles. The maximum Gasteiger partial charge on any atom is 0.317 e. The first-order chi connectivity index (χ1) is 13.1. The van der Waals surface area contributed by atoms with Crippen molar-refractivity contribution in [2.24, 2.45) is 0 Å². The second kappa shape index (κ2) is 11.2. The third-order valence-electron chi connectivity index (χ3n) is 5.42. The zero-order chi connectivity index (χ0) is 19.1. The van der Waals surface area contributed by atoms with E-state index >= 15 is 0 Å². The number of rotatable bonds is 8. The summed E-state index contributed by atoms with van der Waals surface area (Å²) in [6.07, 6.45) is 4.23. The van der Waals surface area contributed by atoms with Crippen LogP contribution in [0, 0.1) is 0 Å². The number of nitrogens with zero attached hydrogens (tertiary/aromatic N) is 2. The van der Waals surface area contributed by atoms with Crippen LogP contribution in [0.5, 0.6) is 5.75 Å². The van der Waals surface area contributed by atoms with Gasteiger partial charge in [-0.15, -0.1) is 12.4 Å². The Morgan fingerprint density at radius 2 is 1.96 bits per heavy atom. The van der Waals surface area contributed by atoms with E-state index in [4.69, 9.17) is 9.84 Å². The number of likely N-dealkylation sites (tertiary alicyclic amines) is 1. The Hall–Kier alpha value is -1.82. The number of benzene rings is 2. The molecule has 0 amide bonds. The quantitative estimate of drug-likeness (QED) is 0.674. The third kappa shape index (κ3) is 6.36. The van der Waals surface area contributed by atoms with Crippen molar-refractivity contribution in [2.75, 3.05) is 39.8 Å². The average Bonchev–Trinajstić information content (AvgIpc) is 2.90. The van der Waals surface area contributed by atoms with Crippen LogP contribution in [0.4, 0.5) is 0 Å². The summed E-state index contributed by atoms with van der Waals surface area (Å²) < 4.78 is 6.04. The molecule has 0 saturated carbocycles. The van der Waals surface area contributed by atoms with Gasteiger partial charge in [0.15, 0.2) is 0 Å². The second-order valence-electron chi connectivity index (χ2n) is 7.41. The summed E-state index contributed by atoms with van der Waals surface area (Å²) in [5, 5.41) is 11.3. The topological polar surface area (TPSA) is 53.0 Å². The van der Waals surface area contributed by atoms with Crippen LogP contribution < -0.4 is 4.74 Å². The first-order valence-electron chi connectivity index (χ1n) is 9.88. The lowest BCUT2D eigenvalue weighted by Gasteiger charge is -2.25. The highest BCUT2D eigenvalue weighted by molar-refractivity contribution is 5.88. The Balaban J connectivity index is 0.00000280. The molecule has 0 bridgehead atoms. The standard InChI is InChI=1S/C22H30N2O3.ClH/c1-23(17-22(25)26)19-9-5-13-24(15-12-19)14-6-16-27-21-11-4-8-18-7-2-3-10-20(18)21;/h2-4,7-8,10-11,19H,5-6,9,12-17H2,1H3,(H,25,26);1H. The molecule has 1 unspecified atom stereocenters. The molecule has 154 valence electrons. The summed E-state index contributed by atoms with van der Waals surface area (Å²) in [5.74, 6) is 0.212. The number of likely N-dealkylation sites (N-methyl/N-ethyl adjacent to an activating group) is 1. The molecular weight excluding hydrogens is 376 g/mol. The number of fused-ring (bicyclic) bond motifs is 1. The van der Waals surface area contributed by atoms with Gasteiger partial charge in [-0.25, -0.2) is 0 Å². The molecule has 5 nitrogen and oxygen atoms in total. The third-order valence-corrected chi connectivity index (χ3v) is 5.42. The van der Waals surface area contributed by atoms with Gasteiger partial charge in [-0.2, -0.15) is 0 Å². The molecular formula is C22H31ClN2O3. The van der Waals surface area contributed by atoms with E-state index in [0.717, 1.165) is 51.1 Å². The summed E-state index contributed by atoms with van der Waals surface area (Å²) in [7, 11) is 1.92. The lowest BCUT2D eigenvalue weighted by atomic mass is 10.1. The van der Waals surface area contributed by atoms with Gasteiger partial charge < -0.3 is 14.7 Å². The van der Waals surface area contributed by atoms with Crippen LogP contribution in [0.3, 0.4) is 0 Å². The summed E-state index contributed by atoms with van der Waals surface area (Å²) >= 11 is 0. The Morgan fingerprint density at radius 3 is 2.79 bits per heavy atom. The molecule has 28 heavy (non-hydrogen) atoms. The predicted molar refractivity (Wildman–Crippen MR) is 116 cm³/mol. The van der Waals surface area contributed by atoms with Crippen LogP contribution >= 0.6 is 12.4 Å². The Bertz CT molecular complexity index is 750. The van der Waals surface area contributed by atoms with Gasteiger partial charge in [0.05, 0.1) is 13.2 Å². The molecule has 0 radical (unpaired) electrons. The fraction of sp³-hybridized carbons (Fsp3) is 0.500. The lowest BCUT2D eigenvalue weighted by molar-refractivity contribution is -0.138. The molecule has 2 aromatic rings. The van der Waals surface area contributed by atoms with Gasteiger partial charge in [-0.3, -0.25) is 9.69 Å². The van der Waals surface area contributed by atoms with Crippen molar-refractivity contribution in [1.82, 2.24) is 9.80 Å². The number of carboxylic acids is 1. The molecule has 1 aliphatic heterocycles. The minimum absolute atomic E-state index is 0. The monoisotopic (exact) mass is 406 g/mol. The van der Waals surface area contributed by atoms with Crippen LogP contribution in [0.15, 0.2) is 42.5 Å². The number of hydrogen-bond acceptors (Lipinski definition) is 4. The maximum atomic E-state index is 10.9. The van der Waals surface area contributed by atoms with Gasteiger partial charge in [-0.1, -0.05) is 36.4 Å². The summed E-state index contributed by atoms with van der Waals surface area (Å²) in [6.45, 7) is 3.99. The van der Waals surface area contributed by atoms with Gasteiger partial charge >= 0.3 is 5.97 Å². The van der Waals surface area contributed by atoms with E-state index in [1.54, 1.807) is 0 Å². The number of carboxylic acid groups (broad SMARTS) is 1. The Labute approximate surface area is 173 Å². The molecule has 1 aliphatic rings. The Morgan fingerprint density at radius 1 is 1.18 bits per heavy atom. The Kier molecular flexibility index (Phi) is 9.03. The minimum Gasteiger partial charge on any atom is -0.493 e. The normalized spacial score (nSPS) is 17.9. The zero-order valence-corrected chi connectivity index (χ0v) is 17.4. The first kappa shape index (κ1) is 22.5. The maximum absolute atomic E-state index is 10.9. The van der Waals surface area contributed by atoms with E-state index in [1.165, 1.54) is 10.8 Å². The molecule has 0 aliphatic carbocycles. The van der Waals surface area contributed by atoms with Crippen LogP contribution in [0.1, 0.15) is 25.7 Å². The number of ether oxygens (including phenoxy) is 1. The molecule has 0 spiro atoms. The molecule has 1 N–H and O–H groups in total. The zero-order valence-electron chi connectivity index (χ0n) is 16.5.